The summed E-state index contributed by atoms with van der Waals surface area (Å²) >= 11 is 11.6. The maximum Gasteiger partial charge on any atom is 0.142 e. The van der Waals surface area contributed by atoms with Crippen LogP contribution in [0, 0.1) is 5.82 Å². The molecule has 0 bridgehead atoms. The monoisotopic (exact) mass is 263 g/mol. The van der Waals surface area contributed by atoms with Crippen LogP contribution in [0.4, 0.5) is 4.39 Å². The fourth-order valence-corrected chi connectivity index (χ4v) is 1.31. The van der Waals surface area contributed by atoms with Gasteiger partial charge in [-0.15, -0.1) is 11.6 Å². The van der Waals surface area contributed by atoms with Crippen LogP contribution >= 0.6 is 23.2 Å². The van der Waals surface area contributed by atoms with E-state index in [4.69, 9.17) is 23.2 Å². The topological polar surface area (TPSA) is 12.0 Å². The van der Waals surface area contributed by atoms with E-state index in [1.165, 1.54) is 6.07 Å². The molecular weight excluding hydrogens is 248 g/mol. The van der Waals surface area contributed by atoms with Crippen LogP contribution in [0.25, 0.3) is 0 Å². The van der Waals surface area contributed by atoms with Crippen molar-refractivity contribution in [2.45, 2.75) is 38.2 Å². The summed E-state index contributed by atoms with van der Waals surface area (Å²) in [7, 11) is 0. The summed E-state index contributed by atoms with van der Waals surface area (Å²) in [5, 5.41) is 3.42. The minimum absolute atomic E-state index is 0.00959. The SMILES string of the molecule is CC(Cl)C(C)(C)NCc1ccc(Cl)c(F)c1. The molecule has 1 aromatic rings. The van der Waals surface area contributed by atoms with Crippen molar-refractivity contribution in [2.75, 3.05) is 0 Å². The van der Waals surface area contributed by atoms with E-state index in [-0.39, 0.29) is 15.9 Å². The summed E-state index contributed by atoms with van der Waals surface area (Å²) in [4.78, 5) is 0. The molecule has 1 aromatic carbocycles. The molecule has 1 nitrogen and oxygen atoms in total. The van der Waals surface area contributed by atoms with Gasteiger partial charge in [-0.2, -0.15) is 0 Å². The number of halogens is 3. The molecular formula is C12H16Cl2FN. The number of hydrogen-bond donors (Lipinski definition) is 1. The molecule has 1 atom stereocenters. The molecule has 1 unspecified atom stereocenters. The Kier molecular flexibility index (Phi) is 4.60. The molecule has 4 heteroatoms. The van der Waals surface area contributed by atoms with Gasteiger partial charge in [0.25, 0.3) is 0 Å². The predicted octanol–water partition coefficient (Wildman–Crippen LogP) is 3.97. The van der Waals surface area contributed by atoms with Gasteiger partial charge in [0.1, 0.15) is 5.82 Å². The number of hydrogen-bond acceptors (Lipinski definition) is 1. The van der Waals surface area contributed by atoms with E-state index in [9.17, 15) is 4.39 Å². The first-order valence-corrected chi connectivity index (χ1v) is 5.97. The number of alkyl halides is 1. The Bertz CT molecular complexity index is 364. The largest absolute Gasteiger partial charge is 0.306 e. The molecule has 0 radical (unpaired) electrons. The molecule has 0 aliphatic rings. The standard InChI is InChI=1S/C12H16Cl2FN/c1-8(13)12(2,3)16-7-9-4-5-10(14)11(15)6-9/h4-6,8,16H,7H2,1-3H3. The van der Waals surface area contributed by atoms with Crippen molar-refractivity contribution in [2.24, 2.45) is 0 Å². The summed E-state index contributed by atoms with van der Waals surface area (Å²) in [5.74, 6) is -0.391. The average molecular weight is 264 g/mol. The zero-order valence-electron chi connectivity index (χ0n) is 9.65. The van der Waals surface area contributed by atoms with Crippen LogP contribution < -0.4 is 5.32 Å². The van der Waals surface area contributed by atoms with Crippen molar-refractivity contribution < 1.29 is 4.39 Å². The summed E-state index contributed by atoms with van der Waals surface area (Å²) < 4.78 is 13.2. The minimum atomic E-state index is -0.391. The van der Waals surface area contributed by atoms with Crippen LogP contribution in [0.2, 0.25) is 5.02 Å². The highest BCUT2D eigenvalue weighted by atomic mass is 35.5. The quantitative estimate of drug-likeness (QED) is 0.811. The van der Waals surface area contributed by atoms with Gasteiger partial charge in [0, 0.05) is 17.5 Å². The molecule has 0 saturated carbocycles. The number of benzene rings is 1. The van der Waals surface area contributed by atoms with Crippen molar-refractivity contribution >= 4 is 23.2 Å². The first kappa shape index (κ1) is 13.8. The van der Waals surface area contributed by atoms with Crippen LogP contribution in [0.5, 0.6) is 0 Å². The Morgan fingerprint density at radius 3 is 2.56 bits per heavy atom. The highest BCUT2D eigenvalue weighted by Crippen LogP contribution is 2.18. The van der Waals surface area contributed by atoms with Gasteiger partial charge in [0.2, 0.25) is 0 Å². The van der Waals surface area contributed by atoms with E-state index in [0.29, 0.717) is 6.54 Å². The lowest BCUT2D eigenvalue weighted by molar-refractivity contribution is 0.380. The normalized spacial score (nSPS) is 13.9. The van der Waals surface area contributed by atoms with Gasteiger partial charge in [0.05, 0.1) is 5.02 Å². The molecule has 90 valence electrons. The average Bonchev–Trinajstić information content (AvgIpc) is 2.20. The van der Waals surface area contributed by atoms with Crippen LogP contribution in [-0.2, 0) is 6.54 Å². The number of rotatable bonds is 4. The predicted molar refractivity (Wildman–Crippen MR) is 67.6 cm³/mol. The van der Waals surface area contributed by atoms with E-state index in [2.05, 4.69) is 5.32 Å². The lowest BCUT2D eigenvalue weighted by Crippen LogP contribution is -2.45. The lowest BCUT2D eigenvalue weighted by Gasteiger charge is -2.29. The fourth-order valence-electron chi connectivity index (χ4n) is 1.12. The van der Waals surface area contributed by atoms with Gasteiger partial charge >= 0.3 is 0 Å². The first-order valence-electron chi connectivity index (χ1n) is 5.16. The fraction of sp³-hybridized carbons (Fsp3) is 0.500. The Morgan fingerprint density at radius 2 is 2.06 bits per heavy atom. The van der Waals surface area contributed by atoms with Gasteiger partial charge in [-0.25, -0.2) is 4.39 Å². The van der Waals surface area contributed by atoms with Gasteiger partial charge in [-0.05, 0) is 38.5 Å². The van der Waals surface area contributed by atoms with E-state index in [1.54, 1.807) is 12.1 Å². The van der Waals surface area contributed by atoms with Crippen molar-refractivity contribution in [3.63, 3.8) is 0 Å². The highest BCUT2D eigenvalue weighted by Gasteiger charge is 2.22. The molecule has 0 aliphatic heterocycles. The molecule has 0 aliphatic carbocycles. The van der Waals surface area contributed by atoms with Crippen molar-refractivity contribution in [1.29, 1.82) is 0 Å². The van der Waals surface area contributed by atoms with Gasteiger partial charge in [-0.1, -0.05) is 17.7 Å². The smallest absolute Gasteiger partial charge is 0.142 e. The highest BCUT2D eigenvalue weighted by molar-refractivity contribution is 6.30. The molecule has 0 heterocycles. The zero-order valence-corrected chi connectivity index (χ0v) is 11.2. The molecule has 16 heavy (non-hydrogen) atoms. The maximum atomic E-state index is 13.2. The molecule has 0 amide bonds. The maximum absolute atomic E-state index is 13.2. The summed E-state index contributed by atoms with van der Waals surface area (Å²) in [6.45, 7) is 6.52. The summed E-state index contributed by atoms with van der Waals surface area (Å²) in [6.07, 6.45) is 0. The lowest BCUT2D eigenvalue weighted by atomic mass is 10.0. The molecule has 0 aromatic heterocycles. The molecule has 0 saturated heterocycles. The number of nitrogens with one attached hydrogen (secondary N) is 1. The molecule has 1 rings (SSSR count). The molecule has 0 fully saturated rings. The first-order chi connectivity index (χ1) is 7.33. The zero-order chi connectivity index (χ0) is 12.3. The Labute approximate surface area is 106 Å². The third-order valence-corrected chi connectivity index (χ3v) is 3.58. The van der Waals surface area contributed by atoms with E-state index in [1.807, 2.05) is 20.8 Å². The Hall–Kier alpha value is -0.310. The van der Waals surface area contributed by atoms with Crippen LogP contribution in [0.1, 0.15) is 26.3 Å². The van der Waals surface area contributed by atoms with Crippen molar-refractivity contribution in [3.8, 4) is 0 Å². The van der Waals surface area contributed by atoms with Gasteiger partial charge < -0.3 is 5.32 Å². The third-order valence-electron chi connectivity index (χ3n) is 2.73. The van der Waals surface area contributed by atoms with Crippen molar-refractivity contribution in [1.82, 2.24) is 5.32 Å². The molecule has 1 N–H and O–H groups in total. The third kappa shape index (κ3) is 3.62. The second-order valence-corrected chi connectivity index (χ2v) is 5.50. The van der Waals surface area contributed by atoms with Crippen LogP contribution in [-0.4, -0.2) is 10.9 Å². The van der Waals surface area contributed by atoms with E-state index < -0.39 is 5.82 Å². The Balaban J connectivity index is 2.65. The second-order valence-electron chi connectivity index (χ2n) is 4.44. The second kappa shape index (κ2) is 5.35. The summed E-state index contributed by atoms with van der Waals surface area (Å²) in [6, 6.07) is 4.79. The van der Waals surface area contributed by atoms with E-state index in [0.717, 1.165) is 5.56 Å². The van der Waals surface area contributed by atoms with Gasteiger partial charge in [-0.3, -0.25) is 0 Å². The van der Waals surface area contributed by atoms with Crippen LogP contribution in [0.15, 0.2) is 18.2 Å². The molecule has 0 spiro atoms. The van der Waals surface area contributed by atoms with Crippen LogP contribution in [0.3, 0.4) is 0 Å². The van der Waals surface area contributed by atoms with E-state index >= 15 is 0 Å². The summed E-state index contributed by atoms with van der Waals surface area (Å²) in [5.41, 5.74) is 0.657. The van der Waals surface area contributed by atoms with Crippen molar-refractivity contribution in [3.05, 3.63) is 34.6 Å². The van der Waals surface area contributed by atoms with Gasteiger partial charge in [0.15, 0.2) is 0 Å². The Morgan fingerprint density at radius 1 is 1.44 bits per heavy atom. The minimum Gasteiger partial charge on any atom is -0.306 e.